The van der Waals surface area contributed by atoms with Gasteiger partial charge in [0.25, 0.3) is 5.91 Å². The van der Waals surface area contributed by atoms with E-state index in [0.29, 0.717) is 18.5 Å². The smallest absolute Gasteiger partial charge is 0.251 e. The Morgan fingerprint density at radius 1 is 1.19 bits per heavy atom. The number of hydrogen-bond donors (Lipinski definition) is 1. The number of nitrogens with one attached hydrogen (secondary N) is 1. The highest BCUT2D eigenvalue weighted by molar-refractivity contribution is 5.94. The van der Waals surface area contributed by atoms with E-state index in [1.54, 1.807) is 12.1 Å². The second kappa shape index (κ2) is 7.27. The molecular formula is C22H22N2O3. The summed E-state index contributed by atoms with van der Waals surface area (Å²) in [4.78, 5) is 26.1. The van der Waals surface area contributed by atoms with Crippen molar-refractivity contribution >= 4 is 22.8 Å². The predicted octanol–water partition coefficient (Wildman–Crippen LogP) is 4.05. The first-order valence-corrected chi connectivity index (χ1v) is 9.26. The van der Waals surface area contributed by atoms with E-state index in [1.807, 2.05) is 54.3 Å². The third-order valence-corrected chi connectivity index (χ3v) is 4.98. The lowest BCUT2D eigenvalue weighted by Crippen LogP contribution is -2.26. The van der Waals surface area contributed by atoms with Crippen molar-refractivity contribution < 1.29 is 14.0 Å². The molecule has 0 saturated carbocycles. The van der Waals surface area contributed by atoms with E-state index >= 15 is 0 Å². The molecule has 0 unspecified atom stereocenters. The van der Waals surface area contributed by atoms with E-state index in [-0.39, 0.29) is 17.9 Å². The molecule has 5 heteroatoms. The first kappa shape index (κ1) is 17.3. The average molecular weight is 362 g/mol. The molecule has 1 saturated heterocycles. The fraction of sp³-hybridized carbons (Fsp3) is 0.273. The first-order valence-electron chi connectivity index (χ1n) is 9.26. The minimum Gasteiger partial charge on any atom is -0.459 e. The summed E-state index contributed by atoms with van der Waals surface area (Å²) in [6.07, 6.45) is 1.57. The van der Waals surface area contributed by atoms with Gasteiger partial charge in [-0.1, -0.05) is 30.3 Å². The Morgan fingerprint density at radius 3 is 2.67 bits per heavy atom. The Kier molecular flexibility index (Phi) is 4.67. The largest absolute Gasteiger partial charge is 0.459 e. The van der Waals surface area contributed by atoms with Gasteiger partial charge in [-0.05, 0) is 43.2 Å². The fourth-order valence-electron chi connectivity index (χ4n) is 3.42. The lowest BCUT2D eigenvalue weighted by atomic mass is 10.1. The lowest BCUT2D eigenvalue weighted by Gasteiger charge is -2.16. The molecule has 27 heavy (non-hydrogen) atoms. The van der Waals surface area contributed by atoms with E-state index in [0.717, 1.165) is 35.3 Å². The van der Waals surface area contributed by atoms with Crippen molar-refractivity contribution in [1.82, 2.24) is 10.2 Å². The van der Waals surface area contributed by atoms with Crippen LogP contribution >= 0.6 is 0 Å². The van der Waals surface area contributed by atoms with E-state index in [1.165, 1.54) is 0 Å². The van der Waals surface area contributed by atoms with Gasteiger partial charge in [0.1, 0.15) is 11.3 Å². The summed E-state index contributed by atoms with van der Waals surface area (Å²) >= 11 is 0. The van der Waals surface area contributed by atoms with Gasteiger partial charge in [-0.3, -0.25) is 9.59 Å². The molecule has 1 aliphatic heterocycles. The van der Waals surface area contributed by atoms with Crippen LogP contribution < -0.4 is 5.32 Å². The van der Waals surface area contributed by atoms with Crippen molar-refractivity contribution in [2.24, 2.45) is 0 Å². The number of likely N-dealkylation sites (tertiary alicyclic amines) is 1. The van der Waals surface area contributed by atoms with Crippen LogP contribution in [0, 0.1) is 0 Å². The zero-order valence-electron chi connectivity index (χ0n) is 15.3. The van der Waals surface area contributed by atoms with Gasteiger partial charge in [0.2, 0.25) is 5.91 Å². The van der Waals surface area contributed by atoms with Gasteiger partial charge >= 0.3 is 0 Å². The monoisotopic (exact) mass is 362 g/mol. The van der Waals surface area contributed by atoms with Gasteiger partial charge in [0.15, 0.2) is 0 Å². The number of amides is 2. The molecule has 1 atom stereocenters. The average Bonchev–Trinajstić information content (AvgIpc) is 3.28. The molecule has 1 aromatic heterocycles. The summed E-state index contributed by atoms with van der Waals surface area (Å²) in [6, 6.07) is 16.9. The Labute approximate surface area is 158 Å². The molecule has 3 aromatic rings. The Morgan fingerprint density at radius 2 is 1.96 bits per heavy atom. The van der Waals surface area contributed by atoms with Crippen LogP contribution in [-0.4, -0.2) is 23.3 Å². The van der Waals surface area contributed by atoms with Crippen LogP contribution in [0.3, 0.4) is 0 Å². The van der Waals surface area contributed by atoms with E-state index in [2.05, 4.69) is 5.32 Å². The molecule has 138 valence electrons. The molecule has 2 aromatic carbocycles. The highest BCUT2D eigenvalue weighted by Crippen LogP contribution is 2.24. The van der Waals surface area contributed by atoms with Crippen LogP contribution in [0.1, 0.15) is 47.5 Å². The molecule has 5 nitrogen and oxygen atoms in total. The van der Waals surface area contributed by atoms with Crippen LogP contribution in [0.2, 0.25) is 0 Å². The maximum Gasteiger partial charge on any atom is 0.251 e. The lowest BCUT2D eigenvalue weighted by molar-refractivity contribution is -0.128. The van der Waals surface area contributed by atoms with Gasteiger partial charge < -0.3 is 14.6 Å². The minimum absolute atomic E-state index is 0.147. The summed E-state index contributed by atoms with van der Waals surface area (Å²) in [5.41, 5.74) is 2.44. The highest BCUT2D eigenvalue weighted by Gasteiger charge is 2.20. The van der Waals surface area contributed by atoms with Crippen molar-refractivity contribution in [2.75, 3.05) is 6.54 Å². The second-order valence-corrected chi connectivity index (χ2v) is 7.00. The summed E-state index contributed by atoms with van der Waals surface area (Å²) in [7, 11) is 0. The number of hydrogen-bond acceptors (Lipinski definition) is 3. The summed E-state index contributed by atoms with van der Waals surface area (Å²) in [5.74, 6) is 0.789. The first-order chi connectivity index (χ1) is 13.1. The molecule has 2 heterocycles. The number of carbonyl (C=O) groups is 2. The zero-order chi connectivity index (χ0) is 18.8. The number of para-hydroxylation sites is 1. The Balaban J connectivity index is 1.40. The maximum absolute atomic E-state index is 12.5. The third-order valence-electron chi connectivity index (χ3n) is 4.98. The van der Waals surface area contributed by atoms with Crippen molar-refractivity contribution in [2.45, 2.75) is 32.4 Å². The SMILES string of the molecule is C[C@H](NC(=O)c1ccc(CN2CCCC2=O)cc1)c1cc2ccccc2o1. The van der Waals surface area contributed by atoms with Crippen LogP contribution in [0.5, 0.6) is 0 Å². The van der Waals surface area contributed by atoms with Gasteiger partial charge in [-0.15, -0.1) is 0 Å². The summed E-state index contributed by atoms with van der Waals surface area (Å²) < 4.78 is 5.82. The standard InChI is InChI=1S/C22H22N2O3/c1-15(20-13-18-5-2-3-6-19(18)27-20)23-22(26)17-10-8-16(9-11-17)14-24-12-4-7-21(24)25/h2-3,5-6,8-11,13,15H,4,7,12,14H2,1H3,(H,23,26)/t15-/m0/s1. The topological polar surface area (TPSA) is 62.6 Å². The number of rotatable bonds is 5. The second-order valence-electron chi connectivity index (χ2n) is 7.00. The minimum atomic E-state index is -0.230. The molecular weight excluding hydrogens is 340 g/mol. The number of benzene rings is 2. The van der Waals surface area contributed by atoms with Crippen LogP contribution in [0.15, 0.2) is 59.0 Å². The number of furan rings is 1. The van der Waals surface area contributed by atoms with Crippen LogP contribution in [-0.2, 0) is 11.3 Å². The molecule has 0 aliphatic carbocycles. The molecule has 2 amide bonds. The quantitative estimate of drug-likeness (QED) is 0.745. The molecule has 0 spiro atoms. The van der Waals surface area contributed by atoms with Gasteiger partial charge in [-0.2, -0.15) is 0 Å². The van der Waals surface area contributed by atoms with Gasteiger partial charge in [0, 0.05) is 30.5 Å². The number of nitrogens with zero attached hydrogens (tertiary/aromatic N) is 1. The maximum atomic E-state index is 12.5. The Hall–Kier alpha value is -3.08. The number of carbonyl (C=O) groups excluding carboxylic acids is 2. The molecule has 0 radical (unpaired) electrons. The van der Waals surface area contributed by atoms with Gasteiger partial charge in [0.05, 0.1) is 6.04 Å². The normalized spacial score (nSPS) is 15.3. The van der Waals surface area contributed by atoms with E-state index in [9.17, 15) is 9.59 Å². The molecule has 1 N–H and O–H groups in total. The van der Waals surface area contributed by atoms with Crippen LogP contribution in [0.4, 0.5) is 0 Å². The predicted molar refractivity (Wildman–Crippen MR) is 103 cm³/mol. The fourth-order valence-corrected chi connectivity index (χ4v) is 3.42. The van der Waals surface area contributed by atoms with E-state index < -0.39 is 0 Å². The van der Waals surface area contributed by atoms with Crippen LogP contribution in [0.25, 0.3) is 11.0 Å². The summed E-state index contributed by atoms with van der Waals surface area (Å²) in [5, 5.41) is 4.00. The van der Waals surface area contributed by atoms with E-state index in [4.69, 9.17) is 4.42 Å². The molecule has 0 bridgehead atoms. The van der Waals surface area contributed by atoms with Crippen molar-refractivity contribution in [1.29, 1.82) is 0 Å². The van der Waals surface area contributed by atoms with Crippen molar-refractivity contribution in [3.8, 4) is 0 Å². The summed E-state index contributed by atoms with van der Waals surface area (Å²) in [6.45, 7) is 3.33. The van der Waals surface area contributed by atoms with Crippen molar-refractivity contribution in [3.63, 3.8) is 0 Å². The molecule has 1 aliphatic rings. The number of fused-ring (bicyclic) bond motifs is 1. The molecule has 4 rings (SSSR count). The molecule has 1 fully saturated rings. The van der Waals surface area contributed by atoms with Gasteiger partial charge in [-0.25, -0.2) is 0 Å². The highest BCUT2D eigenvalue weighted by atomic mass is 16.3. The zero-order valence-corrected chi connectivity index (χ0v) is 15.3. The van der Waals surface area contributed by atoms with Crippen molar-refractivity contribution in [3.05, 3.63) is 71.5 Å². The Bertz CT molecular complexity index is 942. The third kappa shape index (κ3) is 3.72.